The topological polar surface area (TPSA) is 109 Å². The zero-order chi connectivity index (χ0) is 29.9. The van der Waals surface area contributed by atoms with Crippen LogP contribution in [0.15, 0.2) is 35.1 Å². The second-order valence-corrected chi connectivity index (χ2v) is 12.3. The molecule has 3 aromatic rings. The zero-order valence-corrected chi connectivity index (χ0v) is 25.2. The summed E-state index contributed by atoms with van der Waals surface area (Å²) in [5.74, 6) is -0.501. The van der Waals surface area contributed by atoms with E-state index in [2.05, 4.69) is 4.98 Å². The van der Waals surface area contributed by atoms with E-state index < -0.39 is 11.6 Å². The van der Waals surface area contributed by atoms with Gasteiger partial charge in [-0.2, -0.15) is 0 Å². The number of amides is 1. The monoisotopic (exact) mass is 582 g/mol. The van der Waals surface area contributed by atoms with E-state index in [0.29, 0.717) is 45.8 Å². The van der Waals surface area contributed by atoms with Crippen LogP contribution < -0.4 is 10.3 Å². The molecule has 1 aliphatic rings. The van der Waals surface area contributed by atoms with Crippen LogP contribution in [0.1, 0.15) is 69.6 Å². The van der Waals surface area contributed by atoms with E-state index in [-0.39, 0.29) is 37.1 Å². The van der Waals surface area contributed by atoms with Crippen LogP contribution in [0.2, 0.25) is 5.02 Å². The number of ether oxygens (including phenoxy) is 2. The number of aliphatic carboxylic acids is 1. The van der Waals surface area contributed by atoms with E-state index in [1.807, 2.05) is 58.9 Å². The summed E-state index contributed by atoms with van der Waals surface area (Å²) in [6.45, 7) is 10.4. The van der Waals surface area contributed by atoms with Gasteiger partial charge in [0, 0.05) is 35.8 Å². The number of aromatic nitrogens is 1. The Morgan fingerprint density at radius 2 is 1.80 bits per heavy atom. The summed E-state index contributed by atoms with van der Waals surface area (Å²) in [4.78, 5) is 42.4. The van der Waals surface area contributed by atoms with Crippen molar-refractivity contribution in [3.8, 4) is 16.9 Å². The van der Waals surface area contributed by atoms with Crippen molar-refractivity contribution in [2.45, 2.75) is 84.8 Å². The quantitative estimate of drug-likeness (QED) is 0.295. The number of pyridine rings is 1. The van der Waals surface area contributed by atoms with E-state index in [9.17, 15) is 19.5 Å². The Bertz CT molecular complexity index is 1490. The van der Waals surface area contributed by atoms with Gasteiger partial charge in [0.05, 0.1) is 17.7 Å². The lowest BCUT2D eigenvalue weighted by Crippen LogP contribution is -2.46. The first-order valence-electron chi connectivity index (χ1n) is 14.1. The molecule has 2 N–H and O–H groups in total. The van der Waals surface area contributed by atoms with Crippen LogP contribution >= 0.6 is 11.6 Å². The summed E-state index contributed by atoms with van der Waals surface area (Å²) in [6.07, 6.45) is 3.20. The van der Waals surface area contributed by atoms with Crippen LogP contribution in [0.25, 0.3) is 22.0 Å². The number of carboxylic acids is 1. The van der Waals surface area contributed by atoms with Crippen molar-refractivity contribution >= 4 is 34.6 Å². The maximum Gasteiger partial charge on any atom is 0.410 e. The molecule has 9 heteroatoms. The van der Waals surface area contributed by atoms with Crippen LogP contribution in [0.4, 0.5) is 4.79 Å². The predicted molar refractivity (Wildman–Crippen MR) is 161 cm³/mol. The first-order valence-corrected chi connectivity index (χ1v) is 14.5. The highest BCUT2D eigenvalue weighted by Gasteiger charge is 2.30. The second-order valence-electron chi connectivity index (χ2n) is 11.9. The van der Waals surface area contributed by atoms with Crippen molar-refractivity contribution in [2.24, 2.45) is 0 Å². The molecule has 1 saturated heterocycles. The number of fused-ring (bicyclic) bond motifs is 1. The Morgan fingerprint density at radius 1 is 1.10 bits per heavy atom. The van der Waals surface area contributed by atoms with Gasteiger partial charge in [0.1, 0.15) is 11.4 Å². The summed E-state index contributed by atoms with van der Waals surface area (Å²) >= 11 is 6.48. The molecule has 8 nitrogen and oxygen atoms in total. The minimum absolute atomic E-state index is 0.0444. The standard InChI is InChI=1S/C32H39ClN2O6/c1-19-14-20(2)16-22(15-19)28-29(24-17-21(9-10-27(36)37)25(33)18-26(24)34-30(28)38)40-13-11-23-8-6-7-12-35(23)31(39)41-32(3,4)5/h14-18,23H,6-13H2,1-5H3,(H,34,38)(H,36,37). The van der Waals surface area contributed by atoms with Crippen molar-refractivity contribution in [1.82, 2.24) is 9.88 Å². The largest absolute Gasteiger partial charge is 0.492 e. The lowest BCUT2D eigenvalue weighted by atomic mass is 9.98. The van der Waals surface area contributed by atoms with Crippen molar-refractivity contribution in [2.75, 3.05) is 13.2 Å². The molecule has 1 atom stereocenters. The van der Waals surface area contributed by atoms with Crippen LogP contribution in [0, 0.1) is 13.8 Å². The Labute approximate surface area is 245 Å². The summed E-state index contributed by atoms with van der Waals surface area (Å²) < 4.78 is 12.1. The number of hydrogen-bond donors (Lipinski definition) is 2. The summed E-state index contributed by atoms with van der Waals surface area (Å²) in [5.41, 5.74) is 3.44. The minimum Gasteiger partial charge on any atom is -0.492 e. The molecular weight excluding hydrogens is 544 g/mol. The van der Waals surface area contributed by atoms with E-state index >= 15 is 0 Å². The van der Waals surface area contributed by atoms with Gasteiger partial charge in [-0.05, 0) is 83.6 Å². The molecule has 2 aromatic carbocycles. The first-order chi connectivity index (χ1) is 19.3. The molecule has 1 unspecified atom stereocenters. The zero-order valence-electron chi connectivity index (χ0n) is 24.4. The smallest absolute Gasteiger partial charge is 0.410 e. The number of H-pyrrole nitrogens is 1. The molecule has 1 fully saturated rings. The maximum absolute atomic E-state index is 13.5. The van der Waals surface area contributed by atoms with Gasteiger partial charge in [0.2, 0.25) is 0 Å². The van der Waals surface area contributed by atoms with E-state index in [1.165, 1.54) is 0 Å². The third kappa shape index (κ3) is 7.61. The Hall–Kier alpha value is -3.52. The van der Waals surface area contributed by atoms with Gasteiger partial charge in [-0.15, -0.1) is 0 Å². The van der Waals surface area contributed by atoms with Crippen molar-refractivity contribution in [3.63, 3.8) is 0 Å². The molecule has 41 heavy (non-hydrogen) atoms. The average Bonchev–Trinajstić information content (AvgIpc) is 2.86. The molecule has 0 saturated carbocycles. The molecule has 220 valence electrons. The van der Waals surface area contributed by atoms with Crippen molar-refractivity contribution in [1.29, 1.82) is 0 Å². The van der Waals surface area contributed by atoms with Gasteiger partial charge in [0.25, 0.3) is 5.56 Å². The highest BCUT2D eigenvalue weighted by Crippen LogP contribution is 2.37. The first kappa shape index (κ1) is 30.4. The van der Waals surface area contributed by atoms with Gasteiger partial charge in [-0.25, -0.2) is 4.79 Å². The van der Waals surface area contributed by atoms with Gasteiger partial charge in [-0.1, -0.05) is 40.9 Å². The van der Waals surface area contributed by atoms with Gasteiger partial charge in [0.15, 0.2) is 0 Å². The molecular formula is C32H39ClN2O6. The number of nitrogens with zero attached hydrogens (tertiary/aromatic N) is 1. The molecule has 2 heterocycles. The van der Waals surface area contributed by atoms with E-state index in [1.54, 1.807) is 11.0 Å². The number of carboxylic acid groups (broad SMARTS) is 1. The number of likely N-dealkylation sites (tertiary alicyclic amines) is 1. The number of benzene rings is 2. The number of carbonyl (C=O) groups excluding carboxylic acids is 1. The third-order valence-electron chi connectivity index (χ3n) is 7.20. The van der Waals surface area contributed by atoms with Crippen molar-refractivity contribution < 1.29 is 24.2 Å². The lowest BCUT2D eigenvalue weighted by molar-refractivity contribution is -0.136. The number of hydrogen-bond acceptors (Lipinski definition) is 5. The molecule has 0 aliphatic carbocycles. The molecule has 0 radical (unpaired) electrons. The fourth-order valence-electron chi connectivity index (χ4n) is 5.45. The fourth-order valence-corrected chi connectivity index (χ4v) is 5.71. The van der Waals surface area contributed by atoms with Crippen LogP contribution in [0.5, 0.6) is 5.75 Å². The van der Waals surface area contributed by atoms with Crippen molar-refractivity contribution in [3.05, 3.63) is 62.4 Å². The van der Waals surface area contributed by atoms with E-state index in [4.69, 9.17) is 21.1 Å². The fraction of sp³-hybridized carbons (Fsp3) is 0.469. The summed E-state index contributed by atoms with van der Waals surface area (Å²) in [7, 11) is 0. The Balaban J connectivity index is 1.72. The number of carbonyl (C=O) groups is 2. The number of rotatable bonds is 8. The Kier molecular flexibility index (Phi) is 9.32. The second kappa shape index (κ2) is 12.6. The normalized spacial score (nSPS) is 15.7. The summed E-state index contributed by atoms with van der Waals surface area (Å²) in [6, 6.07) is 9.35. The van der Waals surface area contributed by atoms with Crippen LogP contribution in [0.3, 0.4) is 0 Å². The average molecular weight is 583 g/mol. The Morgan fingerprint density at radius 3 is 2.46 bits per heavy atom. The molecule has 0 spiro atoms. The SMILES string of the molecule is Cc1cc(C)cc(-c2c(OCCC3CCCCN3C(=O)OC(C)(C)C)c3cc(CCC(=O)O)c(Cl)cc3[nH]c2=O)c1. The number of piperidine rings is 1. The number of nitrogens with one attached hydrogen (secondary N) is 1. The minimum atomic E-state index is -0.919. The molecule has 0 bridgehead atoms. The molecule has 4 rings (SSSR count). The van der Waals surface area contributed by atoms with Gasteiger partial charge >= 0.3 is 12.1 Å². The predicted octanol–water partition coefficient (Wildman–Crippen LogP) is 7.04. The maximum atomic E-state index is 13.5. The number of aryl methyl sites for hydroxylation is 3. The third-order valence-corrected chi connectivity index (χ3v) is 7.56. The lowest BCUT2D eigenvalue weighted by Gasteiger charge is -2.36. The number of halogens is 1. The van der Waals surface area contributed by atoms with Gasteiger partial charge in [-0.3, -0.25) is 9.59 Å². The molecule has 1 aromatic heterocycles. The number of aromatic amines is 1. The highest BCUT2D eigenvalue weighted by atomic mass is 35.5. The molecule has 1 aliphatic heterocycles. The van der Waals surface area contributed by atoms with Crippen LogP contribution in [-0.2, 0) is 16.0 Å². The van der Waals surface area contributed by atoms with Crippen LogP contribution in [-0.4, -0.2) is 51.8 Å². The van der Waals surface area contributed by atoms with Gasteiger partial charge < -0.3 is 24.5 Å². The van der Waals surface area contributed by atoms with E-state index in [0.717, 1.165) is 36.0 Å². The molecule has 1 amide bonds. The highest BCUT2D eigenvalue weighted by molar-refractivity contribution is 6.32. The summed E-state index contributed by atoms with van der Waals surface area (Å²) in [5, 5.41) is 10.3.